The summed E-state index contributed by atoms with van der Waals surface area (Å²) in [5, 5.41) is 1.16. The molecule has 0 saturated carbocycles. The Kier molecular flexibility index (Phi) is 4.79. The van der Waals surface area contributed by atoms with Gasteiger partial charge in [-0.25, -0.2) is 0 Å². The van der Waals surface area contributed by atoms with E-state index in [0.717, 1.165) is 34.5 Å². The lowest BCUT2D eigenvalue weighted by Crippen LogP contribution is -2.35. The molecular weight excluding hydrogens is 380 g/mol. The van der Waals surface area contributed by atoms with Gasteiger partial charge >= 0.3 is 0 Å². The van der Waals surface area contributed by atoms with Gasteiger partial charge in [0.05, 0.1) is 18.8 Å². The zero-order valence-corrected chi connectivity index (χ0v) is 17.4. The van der Waals surface area contributed by atoms with Gasteiger partial charge < -0.3 is 14.2 Å². The second-order valence-corrected chi connectivity index (χ2v) is 8.37. The molecule has 3 atom stereocenters. The quantitative estimate of drug-likeness (QED) is 0.609. The number of aromatic nitrogens is 2. The Morgan fingerprint density at radius 2 is 2.00 bits per heavy atom. The molecule has 2 aromatic heterocycles. The molecule has 0 radical (unpaired) electrons. The maximum absolute atomic E-state index is 5.29. The molecule has 29 heavy (non-hydrogen) atoms. The highest BCUT2D eigenvalue weighted by Gasteiger charge is 2.45. The average Bonchev–Trinajstić information content (AvgIpc) is 3.49. The van der Waals surface area contributed by atoms with E-state index in [9.17, 15) is 0 Å². The minimum atomic E-state index is 0.0276. The number of methoxy groups -OCH3 is 1. The maximum Gasteiger partial charge on any atom is 0.160 e. The fourth-order valence-corrected chi connectivity index (χ4v) is 5.55. The lowest BCUT2D eigenvalue weighted by atomic mass is 9.97. The highest BCUT2D eigenvalue weighted by Crippen LogP contribution is 2.48. The van der Waals surface area contributed by atoms with E-state index in [1.54, 1.807) is 7.11 Å². The normalized spacial score (nSPS) is 23.2. The van der Waals surface area contributed by atoms with Crippen molar-refractivity contribution < 1.29 is 4.74 Å². The van der Waals surface area contributed by atoms with Crippen molar-refractivity contribution >= 4 is 16.9 Å². The first-order valence-electron chi connectivity index (χ1n) is 10.0. The largest absolute Gasteiger partial charge is 0.497 e. The number of hydrogen-bond donors (Lipinski definition) is 0. The van der Waals surface area contributed by atoms with E-state index in [2.05, 4.69) is 64.1 Å². The Bertz CT molecular complexity index is 1010. The molecule has 0 N–H and O–H groups in total. The van der Waals surface area contributed by atoms with Crippen LogP contribution in [0.25, 0.3) is 5.69 Å². The summed E-state index contributed by atoms with van der Waals surface area (Å²) in [5.74, 6) is 1.98. The molecule has 148 valence electrons. The van der Waals surface area contributed by atoms with Crippen LogP contribution in [0.15, 0.2) is 72.1 Å². The molecule has 2 aliphatic heterocycles. The number of nitrogens with zero attached hydrogens (tertiary/aromatic N) is 4. The van der Waals surface area contributed by atoms with Gasteiger partial charge in [-0.2, -0.15) is 0 Å². The summed E-state index contributed by atoms with van der Waals surface area (Å²) >= 11 is 1.88. The zero-order chi connectivity index (χ0) is 19.8. The SMILES string of the molecule is CC[C@@H]1CSC2=N[C@@H](c3ccccn3)[C@H](c3ccn(-c4ccc(OC)cc4)c3)N21. The summed E-state index contributed by atoms with van der Waals surface area (Å²) in [6.07, 6.45) is 7.35. The van der Waals surface area contributed by atoms with E-state index in [1.807, 2.05) is 36.2 Å². The fourth-order valence-electron chi connectivity index (χ4n) is 4.21. The maximum atomic E-state index is 5.29. The van der Waals surface area contributed by atoms with Crippen LogP contribution in [0.4, 0.5) is 0 Å². The molecule has 6 heteroatoms. The van der Waals surface area contributed by atoms with Crippen molar-refractivity contribution in [1.82, 2.24) is 14.5 Å². The number of rotatable bonds is 5. The Balaban J connectivity index is 1.52. The third-order valence-electron chi connectivity index (χ3n) is 5.76. The van der Waals surface area contributed by atoms with Gasteiger partial charge in [0.15, 0.2) is 5.17 Å². The van der Waals surface area contributed by atoms with Gasteiger partial charge in [0.25, 0.3) is 0 Å². The van der Waals surface area contributed by atoms with Crippen LogP contribution in [0.2, 0.25) is 0 Å². The number of aliphatic imine (C=N–C) groups is 1. The van der Waals surface area contributed by atoms with Crippen LogP contribution in [0.3, 0.4) is 0 Å². The molecule has 1 saturated heterocycles. The van der Waals surface area contributed by atoms with Crippen molar-refractivity contribution in [3.63, 3.8) is 0 Å². The second-order valence-electron chi connectivity index (χ2n) is 7.39. The summed E-state index contributed by atoms with van der Waals surface area (Å²) in [5.41, 5.74) is 3.43. The second kappa shape index (κ2) is 7.59. The third-order valence-corrected chi connectivity index (χ3v) is 6.88. The summed E-state index contributed by atoms with van der Waals surface area (Å²) in [4.78, 5) is 12.3. The van der Waals surface area contributed by atoms with Gasteiger partial charge in [-0.15, -0.1) is 0 Å². The minimum Gasteiger partial charge on any atom is -0.497 e. The Hall–Kier alpha value is -2.73. The van der Waals surface area contributed by atoms with E-state index >= 15 is 0 Å². The molecule has 5 nitrogen and oxygen atoms in total. The van der Waals surface area contributed by atoms with Crippen molar-refractivity contribution in [2.45, 2.75) is 31.5 Å². The van der Waals surface area contributed by atoms with Crippen LogP contribution in [0.1, 0.15) is 36.7 Å². The number of amidine groups is 1. The predicted molar refractivity (Wildman–Crippen MR) is 118 cm³/mol. The van der Waals surface area contributed by atoms with Crippen LogP contribution >= 0.6 is 11.8 Å². The van der Waals surface area contributed by atoms with Crippen LogP contribution in [-0.4, -0.2) is 38.5 Å². The molecule has 2 aliphatic rings. The van der Waals surface area contributed by atoms with Gasteiger partial charge in [0, 0.05) is 36.1 Å². The van der Waals surface area contributed by atoms with Gasteiger partial charge in [0.2, 0.25) is 0 Å². The topological polar surface area (TPSA) is 42.6 Å². The van der Waals surface area contributed by atoms with E-state index in [0.29, 0.717) is 6.04 Å². The lowest BCUT2D eigenvalue weighted by molar-refractivity contribution is 0.255. The first-order valence-corrected chi connectivity index (χ1v) is 11.0. The van der Waals surface area contributed by atoms with Crippen molar-refractivity contribution in [3.8, 4) is 11.4 Å². The monoisotopic (exact) mass is 404 g/mol. The van der Waals surface area contributed by atoms with Crippen LogP contribution in [0.5, 0.6) is 5.75 Å². The fraction of sp³-hybridized carbons (Fsp3) is 0.304. The molecule has 0 aliphatic carbocycles. The van der Waals surface area contributed by atoms with Crippen LogP contribution in [0, 0.1) is 0 Å². The molecule has 4 heterocycles. The van der Waals surface area contributed by atoms with Gasteiger partial charge in [0.1, 0.15) is 11.8 Å². The molecule has 1 aromatic carbocycles. The third kappa shape index (κ3) is 3.21. The van der Waals surface area contributed by atoms with E-state index in [4.69, 9.17) is 9.73 Å². The highest BCUT2D eigenvalue weighted by molar-refractivity contribution is 8.14. The Morgan fingerprint density at radius 1 is 1.14 bits per heavy atom. The van der Waals surface area contributed by atoms with Crippen LogP contribution in [-0.2, 0) is 0 Å². The molecular formula is C23H24N4OS. The van der Waals surface area contributed by atoms with Gasteiger partial charge in [-0.1, -0.05) is 24.8 Å². The smallest absolute Gasteiger partial charge is 0.160 e. The van der Waals surface area contributed by atoms with Gasteiger partial charge in [-0.3, -0.25) is 9.98 Å². The molecule has 3 aromatic rings. The summed E-state index contributed by atoms with van der Waals surface area (Å²) in [7, 11) is 1.69. The first kappa shape index (κ1) is 18.3. The first-order chi connectivity index (χ1) is 14.3. The van der Waals surface area contributed by atoms with E-state index < -0.39 is 0 Å². The minimum absolute atomic E-state index is 0.0276. The predicted octanol–water partition coefficient (Wildman–Crippen LogP) is 4.86. The number of hydrogen-bond acceptors (Lipinski definition) is 5. The molecule has 0 amide bonds. The van der Waals surface area contributed by atoms with Crippen molar-refractivity contribution in [2.24, 2.45) is 4.99 Å². The standard InChI is InChI=1S/C23H24N4OS/c1-3-17-15-29-23-25-21(20-6-4-5-12-24-20)22(27(17)23)16-11-13-26(14-16)18-7-9-19(28-2)10-8-18/h4-14,17,21-22H,3,15H2,1-2H3/t17-,21+,22+/m1/s1. The molecule has 0 bridgehead atoms. The van der Waals surface area contributed by atoms with E-state index in [1.165, 1.54) is 5.56 Å². The number of ether oxygens (including phenoxy) is 1. The molecule has 0 spiro atoms. The summed E-state index contributed by atoms with van der Waals surface area (Å²) in [6.45, 7) is 2.27. The average molecular weight is 405 g/mol. The van der Waals surface area contributed by atoms with E-state index in [-0.39, 0.29) is 12.1 Å². The summed E-state index contributed by atoms with van der Waals surface area (Å²) in [6, 6.07) is 17.2. The highest BCUT2D eigenvalue weighted by atomic mass is 32.2. The molecule has 1 fully saturated rings. The molecule has 5 rings (SSSR count). The number of pyridine rings is 1. The van der Waals surface area contributed by atoms with Crippen molar-refractivity contribution in [2.75, 3.05) is 12.9 Å². The summed E-state index contributed by atoms with van der Waals surface area (Å²) < 4.78 is 7.46. The number of thioether (sulfide) groups is 1. The van der Waals surface area contributed by atoms with Crippen LogP contribution < -0.4 is 4.74 Å². The Labute approximate surface area is 175 Å². The zero-order valence-electron chi connectivity index (χ0n) is 16.6. The number of benzene rings is 1. The lowest BCUT2D eigenvalue weighted by Gasteiger charge is -2.31. The number of fused-ring (bicyclic) bond motifs is 1. The van der Waals surface area contributed by atoms with Crippen molar-refractivity contribution in [1.29, 1.82) is 0 Å². The van der Waals surface area contributed by atoms with Gasteiger partial charge in [-0.05, 0) is 54.4 Å². The molecule has 0 unspecified atom stereocenters. The van der Waals surface area contributed by atoms with Crippen molar-refractivity contribution in [3.05, 3.63) is 78.4 Å². The Morgan fingerprint density at radius 3 is 2.72 bits per heavy atom.